The number of nitrogens with one attached hydrogen (secondary N) is 1. The van der Waals surface area contributed by atoms with Crippen molar-refractivity contribution >= 4 is 11.6 Å². The van der Waals surface area contributed by atoms with Gasteiger partial charge in [-0.3, -0.25) is 4.79 Å². The van der Waals surface area contributed by atoms with Gasteiger partial charge in [0.1, 0.15) is 5.82 Å². The van der Waals surface area contributed by atoms with Gasteiger partial charge < -0.3 is 4.98 Å². The molecule has 0 aliphatic heterocycles. The molecule has 0 atom stereocenters. The predicted octanol–water partition coefficient (Wildman–Crippen LogP) is 3.34. The van der Waals surface area contributed by atoms with Crippen molar-refractivity contribution in [3.05, 3.63) is 27.9 Å². The quantitative estimate of drug-likeness (QED) is 0.823. The highest BCUT2D eigenvalue weighted by Gasteiger charge is 2.16. The third-order valence-corrected chi connectivity index (χ3v) is 3.72. The predicted molar refractivity (Wildman–Crippen MR) is 69.5 cm³/mol. The molecule has 0 amide bonds. The Balaban J connectivity index is 2.18. The molecule has 1 N–H and O–H groups in total. The molecule has 4 heteroatoms. The van der Waals surface area contributed by atoms with Crippen LogP contribution in [0, 0.1) is 0 Å². The van der Waals surface area contributed by atoms with Crippen molar-refractivity contribution in [2.75, 3.05) is 0 Å². The first-order valence-corrected chi connectivity index (χ1v) is 6.99. The largest absolute Gasteiger partial charge is 0.310 e. The molecular weight excluding hydrogens is 236 g/mol. The van der Waals surface area contributed by atoms with E-state index in [2.05, 4.69) is 9.97 Å². The first-order valence-electron chi connectivity index (χ1n) is 6.45. The highest BCUT2D eigenvalue weighted by molar-refractivity contribution is 6.16. The second-order valence-electron chi connectivity index (χ2n) is 4.80. The van der Waals surface area contributed by atoms with Gasteiger partial charge in [-0.25, -0.2) is 4.98 Å². The Morgan fingerprint density at radius 1 is 1.24 bits per heavy atom. The molecule has 1 saturated carbocycles. The van der Waals surface area contributed by atoms with Gasteiger partial charge in [-0.1, -0.05) is 32.1 Å². The van der Waals surface area contributed by atoms with Crippen LogP contribution >= 0.6 is 11.6 Å². The van der Waals surface area contributed by atoms with Crippen molar-refractivity contribution in [1.29, 1.82) is 0 Å². The van der Waals surface area contributed by atoms with E-state index >= 15 is 0 Å². The molecule has 1 aromatic heterocycles. The number of rotatable bonds is 2. The molecule has 1 aliphatic carbocycles. The number of hydrogen-bond acceptors (Lipinski definition) is 2. The van der Waals surface area contributed by atoms with Crippen LogP contribution in [0.4, 0.5) is 0 Å². The molecule has 2 rings (SSSR count). The molecule has 1 aliphatic rings. The number of alkyl halides is 1. The lowest BCUT2D eigenvalue weighted by Crippen LogP contribution is -2.16. The minimum Gasteiger partial charge on any atom is -0.310 e. The third kappa shape index (κ3) is 3.56. The van der Waals surface area contributed by atoms with Crippen molar-refractivity contribution in [2.24, 2.45) is 0 Å². The van der Waals surface area contributed by atoms with E-state index in [1.165, 1.54) is 38.2 Å². The Hall–Kier alpha value is -0.830. The summed E-state index contributed by atoms with van der Waals surface area (Å²) in [4.78, 5) is 18.8. The Labute approximate surface area is 107 Å². The average molecular weight is 255 g/mol. The summed E-state index contributed by atoms with van der Waals surface area (Å²) in [6, 6.07) is 1.49. The van der Waals surface area contributed by atoms with Crippen molar-refractivity contribution in [3.8, 4) is 0 Å². The van der Waals surface area contributed by atoms with Crippen LogP contribution in [0.5, 0.6) is 0 Å². The lowest BCUT2D eigenvalue weighted by Gasteiger charge is -2.18. The lowest BCUT2D eigenvalue weighted by atomic mass is 9.90. The van der Waals surface area contributed by atoms with Crippen LogP contribution in [0.25, 0.3) is 0 Å². The van der Waals surface area contributed by atoms with Crippen molar-refractivity contribution in [1.82, 2.24) is 9.97 Å². The molecule has 1 heterocycles. The van der Waals surface area contributed by atoms with Gasteiger partial charge in [-0.2, -0.15) is 0 Å². The zero-order chi connectivity index (χ0) is 12.1. The zero-order valence-corrected chi connectivity index (χ0v) is 10.8. The zero-order valence-electron chi connectivity index (χ0n) is 10.0. The Kier molecular flexibility index (Phi) is 4.60. The second-order valence-corrected chi connectivity index (χ2v) is 5.06. The molecule has 0 saturated heterocycles. The summed E-state index contributed by atoms with van der Waals surface area (Å²) in [5.74, 6) is 1.56. The summed E-state index contributed by atoms with van der Waals surface area (Å²) >= 11 is 5.75. The molecule has 0 spiro atoms. The molecule has 3 nitrogen and oxygen atoms in total. The fraction of sp³-hybridized carbons (Fsp3) is 0.692. The fourth-order valence-corrected chi connectivity index (χ4v) is 2.66. The van der Waals surface area contributed by atoms with Crippen LogP contribution in [0.15, 0.2) is 10.9 Å². The fourth-order valence-electron chi connectivity index (χ4n) is 2.52. The summed E-state index contributed by atoms with van der Waals surface area (Å²) in [6.07, 6.45) is 8.69. The smallest absolute Gasteiger partial charge is 0.251 e. The molecular formula is C13H19ClN2O. The van der Waals surface area contributed by atoms with E-state index in [1.54, 1.807) is 0 Å². The van der Waals surface area contributed by atoms with E-state index in [0.29, 0.717) is 17.5 Å². The van der Waals surface area contributed by atoms with Gasteiger partial charge in [-0.15, -0.1) is 11.6 Å². The van der Waals surface area contributed by atoms with Gasteiger partial charge in [0.25, 0.3) is 5.56 Å². The van der Waals surface area contributed by atoms with E-state index in [4.69, 9.17) is 11.6 Å². The van der Waals surface area contributed by atoms with Gasteiger partial charge >= 0.3 is 0 Å². The van der Waals surface area contributed by atoms with Crippen LogP contribution in [-0.4, -0.2) is 9.97 Å². The van der Waals surface area contributed by atoms with E-state index < -0.39 is 0 Å². The van der Waals surface area contributed by atoms with Crippen LogP contribution in [0.1, 0.15) is 62.4 Å². The number of aromatic amines is 1. The molecule has 0 radical (unpaired) electrons. The van der Waals surface area contributed by atoms with Crippen LogP contribution in [-0.2, 0) is 5.88 Å². The Bertz CT molecular complexity index is 408. The SMILES string of the molecule is O=c1cc(CCl)nc(C2CCCCCCC2)[nH]1. The molecule has 0 bridgehead atoms. The standard InChI is InChI=1S/C13H19ClN2O/c14-9-11-8-12(17)16-13(15-11)10-6-4-2-1-3-5-7-10/h8,10H,1-7,9H2,(H,15,16,17). The summed E-state index contributed by atoms with van der Waals surface area (Å²) in [5.41, 5.74) is 0.611. The maximum absolute atomic E-state index is 11.5. The van der Waals surface area contributed by atoms with E-state index in [-0.39, 0.29) is 5.56 Å². The minimum absolute atomic E-state index is 0.0762. The molecule has 0 unspecified atom stereocenters. The van der Waals surface area contributed by atoms with E-state index in [1.807, 2.05) is 0 Å². The Morgan fingerprint density at radius 3 is 2.53 bits per heavy atom. The monoisotopic (exact) mass is 254 g/mol. The number of aromatic nitrogens is 2. The van der Waals surface area contributed by atoms with Crippen LogP contribution < -0.4 is 5.56 Å². The summed E-state index contributed by atoms with van der Waals surface area (Å²) < 4.78 is 0. The second kappa shape index (κ2) is 6.20. The topological polar surface area (TPSA) is 45.8 Å². The van der Waals surface area contributed by atoms with Gasteiger partial charge in [0.05, 0.1) is 11.6 Å². The van der Waals surface area contributed by atoms with Gasteiger partial charge in [0, 0.05) is 12.0 Å². The number of halogens is 1. The highest BCUT2D eigenvalue weighted by Crippen LogP contribution is 2.28. The number of hydrogen-bond donors (Lipinski definition) is 1. The molecule has 94 valence electrons. The maximum Gasteiger partial charge on any atom is 0.251 e. The summed E-state index contributed by atoms with van der Waals surface area (Å²) in [7, 11) is 0. The molecule has 1 aromatic rings. The summed E-state index contributed by atoms with van der Waals surface area (Å²) in [5, 5.41) is 0. The lowest BCUT2D eigenvalue weighted by molar-refractivity contribution is 0.441. The third-order valence-electron chi connectivity index (χ3n) is 3.44. The van der Waals surface area contributed by atoms with E-state index in [0.717, 1.165) is 18.7 Å². The Morgan fingerprint density at radius 2 is 1.88 bits per heavy atom. The molecule has 1 fully saturated rings. The van der Waals surface area contributed by atoms with Crippen molar-refractivity contribution in [3.63, 3.8) is 0 Å². The number of H-pyrrole nitrogens is 1. The highest BCUT2D eigenvalue weighted by atomic mass is 35.5. The van der Waals surface area contributed by atoms with Crippen LogP contribution in [0.3, 0.4) is 0 Å². The van der Waals surface area contributed by atoms with Crippen molar-refractivity contribution in [2.45, 2.75) is 56.7 Å². The van der Waals surface area contributed by atoms with Gasteiger partial charge in [-0.05, 0) is 12.8 Å². The average Bonchev–Trinajstić information content (AvgIpc) is 2.27. The normalized spacial score (nSPS) is 18.6. The van der Waals surface area contributed by atoms with Crippen molar-refractivity contribution < 1.29 is 0 Å². The molecule has 17 heavy (non-hydrogen) atoms. The minimum atomic E-state index is -0.0762. The van der Waals surface area contributed by atoms with Gasteiger partial charge in [0.2, 0.25) is 0 Å². The first-order chi connectivity index (χ1) is 8.29. The van der Waals surface area contributed by atoms with Gasteiger partial charge in [0.15, 0.2) is 0 Å². The van der Waals surface area contributed by atoms with E-state index in [9.17, 15) is 4.79 Å². The maximum atomic E-state index is 11.5. The first kappa shape index (κ1) is 12.6. The number of nitrogens with zero attached hydrogens (tertiary/aromatic N) is 1. The molecule has 0 aromatic carbocycles. The van der Waals surface area contributed by atoms with Crippen LogP contribution in [0.2, 0.25) is 0 Å². The summed E-state index contributed by atoms with van der Waals surface area (Å²) in [6.45, 7) is 0.